The molecule has 94 valence electrons. The van der Waals surface area contributed by atoms with E-state index in [-0.39, 0.29) is 6.04 Å². The highest BCUT2D eigenvalue weighted by atomic mass is 32.1. The Bertz CT molecular complexity index is 465. The van der Waals surface area contributed by atoms with Crippen molar-refractivity contribution in [2.45, 2.75) is 6.04 Å². The highest BCUT2D eigenvalue weighted by Crippen LogP contribution is 2.28. The van der Waals surface area contributed by atoms with Gasteiger partial charge in [0, 0.05) is 44.0 Å². The van der Waals surface area contributed by atoms with Gasteiger partial charge in [-0.1, -0.05) is 6.07 Å². The van der Waals surface area contributed by atoms with Crippen LogP contribution in [0.3, 0.4) is 0 Å². The molecule has 1 aliphatic rings. The molecule has 18 heavy (non-hydrogen) atoms. The fourth-order valence-corrected chi connectivity index (χ4v) is 3.10. The van der Waals surface area contributed by atoms with Gasteiger partial charge in [-0.2, -0.15) is 0 Å². The van der Waals surface area contributed by atoms with Crippen LogP contribution in [0.1, 0.15) is 16.7 Å². The molecule has 0 amide bonds. The second-order valence-corrected chi connectivity index (χ2v) is 5.24. The molecule has 0 spiro atoms. The van der Waals surface area contributed by atoms with E-state index in [2.05, 4.69) is 26.3 Å². The van der Waals surface area contributed by atoms with E-state index in [0.29, 0.717) is 0 Å². The quantitative estimate of drug-likeness (QED) is 0.909. The smallest absolute Gasteiger partial charge is 0.116 e. The summed E-state index contributed by atoms with van der Waals surface area (Å²) in [5, 5.41) is 6.56. The van der Waals surface area contributed by atoms with Gasteiger partial charge in [0.2, 0.25) is 0 Å². The van der Waals surface area contributed by atoms with E-state index in [1.54, 1.807) is 11.3 Å². The summed E-state index contributed by atoms with van der Waals surface area (Å²) in [5.74, 6) is 0. The van der Waals surface area contributed by atoms with Crippen LogP contribution in [0.4, 0.5) is 0 Å². The summed E-state index contributed by atoms with van der Waals surface area (Å²) >= 11 is 1.71. The number of rotatable bonds is 3. The lowest BCUT2D eigenvalue weighted by atomic mass is 10.1. The number of nitrogens with one attached hydrogen (secondary N) is 1. The van der Waals surface area contributed by atoms with E-state index in [4.69, 9.17) is 0 Å². The molecule has 5 heteroatoms. The van der Waals surface area contributed by atoms with Gasteiger partial charge in [0.25, 0.3) is 0 Å². The van der Waals surface area contributed by atoms with E-state index in [0.717, 1.165) is 36.9 Å². The van der Waals surface area contributed by atoms with Crippen molar-refractivity contribution in [1.29, 1.82) is 0 Å². The number of thiazole rings is 1. The molecule has 1 unspecified atom stereocenters. The predicted molar refractivity (Wildman–Crippen MR) is 72.6 cm³/mol. The van der Waals surface area contributed by atoms with Crippen LogP contribution in [-0.4, -0.2) is 41.0 Å². The van der Waals surface area contributed by atoms with Crippen LogP contribution < -0.4 is 5.32 Å². The molecular formula is C13H16N4S. The first-order chi connectivity index (χ1) is 8.95. The number of nitrogens with zero attached hydrogens (tertiary/aromatic N) is 3. The van der Waals surface area contributed by atoms with Crippen molar-refractivity contribution in [1.82, 2.24) is 20.2 Å². The summed E-state index contributed by atoms with van der Waals surface area (Å²) < 4.78 is 0. The summed E-state index contributed by atoms with van der Waals surface area (Å²) in [7, 11) is 0. The van der Waals surface area contributed by atoms with Crippen molar-refractivity contribution in [3.8, 4) is 0 Å². The Kier molecular flexibility index (Phi) is 3.64. The minimum Gasteiger partial charge on any atom is -0.314 e. The Hall–Kier alpha value is -1.30. The third-order valence-corrected chi connectivity index (χ3v) is 4.00. The molecule has 0 radical (unpaired) electrons. The van der Waals surface area contributed by atoms with Crippen molar-refractivity contribution in [2.24, 2.45) is 0 Å². The van der Waals surface area contributed by atoms with E-state index < -0.39 is 0 Å². The van der Waals surface area contributed by atoms with Crippen molar-refractivity contribution >= 4 is 11.3 Å². The summed E-state index contributed by atoms with van der Waals surface area (Å²) in [6, 6.07) is 6.30. The first kappa shape index (κ1) is 11.8. The van der Waals surface area contributed by atoms with Gasteiger partial charge in [-0.3, -0.25) is 9.88 Å². The standard InChI is InChI=1S/C13H16N4S/c1-2-4-15-11(3-1)12(13-16-7-10-18-13)17-8-5-14-6-9-17/h1-4,7,10,12,14H,5-6,8-9H2. The number of pyridine rings is 1. The molecule has 0 aromatic carbocycles. The highest BCUT2D eigenvalue weighted by molar-refractivity contribution is 7.09. The average Bonchev–Trinajstić information content (AvgIpc) is 2.95. The van der Waals surface area contributed by atoms with Crippen molar-refractivity contribution in [2.75, 3.05) is 26.2 Å². The zero-order chi connectivity index (χ0) is 12.2. The van der Waals surface area contributed by atoms with Crippen LogP contribution in [0.15, 0.2) is 36.0 Å². The average molecular weight is 260 g/mol. The maximum Gasteiger partial charge on any atom is 0.116 e. The molecule has 0 aliphatic carbocycles. The van der Waals surface area contributed by atoms with Gasteiger partial charge >= 0.3 is 0 Å². The van der Waals surface area contributed by atoms with Crippen molar-refractivity contribution in [3.63, 3.8) is 0 Å². The molecular weight excluding hydrogens is 244 g/mol. The third kappa shape index (κ3) is 2.43. The predicted octanol–water partition coefficient (Wildman–Crippen LogP) is 1.53. The van der Waals surface area contributed by atoms with Crippen LogP contribution >= 0.6 is 11.3 Å². The Morgan fingerprint density at radius 3 is 2.72 bits per heavy atom. The maximum absolute atomic E-state index is 4.51. The van der Waals surface area contributed by atoms with Gasteiger partial charge in [0.05, 0.1) is 5.69 Å². The second-order valence-electron chi connectivity index (χ2n) is 4.31. The van der Waals surface area contributed by atoms with Crippen LogP contribution in [0, 0.1) is 0 Å². The lowest BCUT2D eigenvalue weighted by Crippen LogP contribution is -2.45. The van der Waals surface area contributed by atoms with Gasteiger partial charge in [-0.05, 0) is 12.1 Å². The van der Waals surface area contributed by atoms with E-state index in [9.17, 15) is 0 Å². The van der Waals surface area contributed by atoms with Crippen LogP contribution in [0.5, 0.6) is 0 Å². The molecule has 4 nitrogen and oxygen atoms in total. The molecule has 2 aromatic heterocycles. The minimum atomic E-state index is 0.202. The molecule has 1 aliphatic heterocycles. The Labute approximate surface area is 111 Å². The molecule has 0 bridgehead atoms. The molecule has 3 rings (SSSR count). The molecule has 1 fully saturated rings. The van der Waals surface area contributed by atoms with Crippen LogP contribution in [-0.2, 0) is 0 Å². The lowest BCUT2D eigenvalue weighted by Gasteiger charge is -2.33. The normalized spacial score (nSPS) is 18.7. The molecule has 1 N–H and O–H groups in total. The molecule has 2 aromatic rings. The van der Waals surface area contributed by atoms with Crippen LogP contribution in [0.25, 0.3) is 0 Å². The first-order valence-electron chi connectivity index (χ1n) is 6.20. The van der Waals surface area contributed by atoms with Gasteiger partial charge in [0.1, 0.15) is 11.0 Å². The zero-order valence-corrected chi connectivity index (χ0v) is 10.9. The van der Waals surface area contributed by atoms with Crippen LogP contribution in [0.2, 0.25) is 0 Å². The second kappa shape index (κ2) is 5.56. The fourth-order valence-electron chi connectivity index (χ4n) is 2.32. The Morgan fingerprint density at radius 2 is 2.06 bits per heavy atom. The summed E-state index contributed by atoms with van der Waals surface area (Å²) in [5.41, 5.74) is 1.09. The van der Waals surface area contributed by atoms with Crippen molar-refractivity contribution < 1.29 is 0 Å². The zero-order valence-electron chi connectivity index (χ0n) is 10.1. The van der Waals surface area contributed by atoms with Gasteiger partial charge in [-0.25, -0.2) is 4.98 Å². The number of hydrogen-bond acceptors (Lipinski definition) is 5. The Morgan fingerprint density at radius 1 is 1.17 bits per heavy atom. The van der Waals surface area contributed by atoms with Gasteiger partial charge in [-0.15, -0.1) is 11.3 Å². The van der Waals surface area contributed by atoms with Gasteiger partial charge < -0.3 is 5.32 Å². The van der Waals surface area contributed by atoms with Crippen molar-refractivity contribution in [3.05, 3.63) is 46.7 Å². The number of piperazine rings is 1. The first-order valence-corrected chi connectivity index (χ1v) is 7.08. The molecule has 0 saturated carbocycles. The maximum atomic E-state index is 4.51. The summed E-state index contributed by atoms with van der Waals surface area (Å²) in [6.45, 7) is 4.16. The van der Waals surface area contributed by atoms with E-state index >= 15 is 0 Å². The topological polar surface area (TPSA) is 41.1 Å². The molecule has 1 atom stereocenters. The molecule has 1 saturated heterocycles. The minimum absolute atomic E-state index is 0.202. The highest BCUT2D eigenvalue weighted by Gasteiger charge is 2.26. The van der Waals surface area contributed by atoms with E-state index in [1.807, 2.05) is 29.9 Å². The lowest BCUT2D eigenvalue weighted by molar-refractivity contribution is 0.195. The molecule has 3 heterocycles. The number of aromatic nitrogens is 2. The summed E-state index contributed by atoms with van der Waals surface area (Å²) in [6.07, 6.45) is 3.73. The third-order valence-electron chi connectivity index (χ3n) is 3.17. The monoisotopic (exact) mass is 260 g/mol. The van der Waals surface area contributed by atoms with E-state index in [1.165, 1.54) is 0 Å². The largest absolute Gasteiger partial charge is 0.314 e. The SMILES string of the molecule is c1ccc(C(c2nccs2)N2CCNCC2)nc1. The summed E-state index contributed by atoms with van der Waals surface area (Å²) in [4.78, 5) is 11.5. The fraction of sp³-hybridized carbons (Fsp3) is 0.385. The number of hydrogen-bond donors (Lipinski definition) is 1. The van der Waals surface area contributed by atoms with Gasteiger partial charge in [0.15, 0.2) is 0 Å². The Balaban J connectivity index is 1.93.